The molecule has 5 nitrogen and oxygen atoms in total. The number of benzene rings is 1. The van der Waals surface area contributed by atoms with Crippen LogP contribution in [0.25, 0.3) is 4.85 Å². The van der Waals surface area contributed by atoms with Gasteiger partial charge in [-0.15, -0.1) is 0 Å². The predicted molar refractivity (Wildman–Crippen MR) is 113 cm³/mol. The molecule has 0 unspecified atom stereocenters. The number of carbonyl (C=O) groups excluding carboxylic acids is 1. The highest BCUT2D eigenvalue weighted by Crippen LogP contribution is 2.57. The van der Waals surface area contributed by atoms with Crippen molar-refractivity contribution in [2.45, 2.75) is 39.8 Å². The van der Waals surface area contributed by atoms with Gasteiger partial charge in [-0.25, -0.2) is 4.85 Å². The second-order valence-corrected chi connectivity index (χ2v) is 9.04. The zero-order valence-corrected chi connectivity index (χ0v) is 17.8. The van der Waals surface area contributed by atoms with Crippen LogP contribution in [0.5, 0.6) is 5.75 Å². The third-order valence-corrected chi connectivity index (χ3v) is 6.08. The zero-order chi connectivity index (χ0) is 23.2. The molecule has 3 rings (SSSR count). The Kier molecular flexibility index (Phi) is 4.26. The Hall–Kier alpha value is -2.39. The second-order valence-electron chi connectivity index (χ2n) is 8.19. The molecule has 28 heavy (non-hydrogen) atoms. The van der Waals surface area contributed by atoms with E-state index in [4.69, 9.17) is 15.4 Å². The van der Waals surface area contributed by atoms with Crippen molar-refractivity contribution in [2.24, 2.45) is 10.8 Å². The van der Waals surface area contributed by atoms with E-state index in [9.17, 15) is 4.79 Å². The summed E-state index contributed by atoms with van der Waals surface area (Å²) < 4.78 is 31.2. The van der Waals surface area contributed by atoms with Crippen LogP contribution in [-0.2, 0) is 0 Å². The van der Waals surface area contributed by atoms with E-state index in [0.29, 0.717) is 15.9 Å². The topological polar surface area (TPSA) is 46.8 Å². The van der Waals surface area contributed by atoms with Crippen molar-refractivity contribution in [3.63, 3.8) is 0 Å². The summed E-state index contributed by atoms with van der Waals surface area (Å²) in [6, 6.07) is 7.70. The Balaban J connectivity index is 1.95. The van der Waals surface area contributed by atoms with Gasteiger partial charge in [0.15, 0.2) is 0 Å². The van der Waals surface area contributed by atoms with Crippen molar-refractivity contribution in [1.29, 1.82) is 0 Å². The summed E-state index contributed by atoms with van der Waals surface area (Å²) in [5, 5.41) is 0. The molecule has 0 bridgehead atoms. The number of aromatic nitrogens is 1. The van der Waals surface area contributed by atoms with Crippen LogP contribution in [0.1, 0.15) is 42.2 Å². The van der Waals surface area contributed by atoms with E-state index in [2.05, 4.69) is 25.8 Å². The number of carbonyl (C=O) groups is 1. The highest BCUT2D eigenvalue weighted by Gasteiger charge is 2.65. The highest BCUT2D eigenvalue weighted by atomic mass is 79.9. The Bertz CT molecular complexity index is 1020. The van der Waals surface area contributed by atoms with Crippen LogP contribution in [0.3, 0.4) is 0 Å². The minimum absolute atomic E-state index is 0.230. The first kappa shape index (κ1) is 16.6. The minimum atomic E-state index is -2.63. The molecule has 0 spiro atoms. The van der Waals surface area contributed by atoms with Gasteiger partial charge in [0.2, 0.25) is 5.69 Å². The molecule has 0 radical (unpaired) electrons. The molecular formula is C22H24BrN3O2. The molecule has 0 N–H and O–H groups in total. The molecule has 2 aromatic rings. The maximum absolute atomic E-state index is 13.2. The predicted octanol–water partition coefficient (Wildman–Crippen LogP) is 5.35. The molecule has 1 heterocycles. The van der Waals surface area contributed by atoms with Crippen LogP contribution in [0.4, 0.5) is 5.69 Å². The summed E-state index contributed by atoms with van der Waals surface area (Å²) >= 11 is 3.37. The van der Waals surface area contributed by atoms with Gasteiger partial charge >= 0.3 is 0 Å². The molecule has 0 aliphatic heterocycles. The number of hydrogen-bond donors (Lipinski definition) is 0. The van der Waals surface area contributed by atoms with E-state index in [0.717, 1.165) is 4.90 Å². The van der Waals surface area contributed by atoms with Crippen LogP contribution in [0, 0.1) is 17.4 Å². The first-order chi connectivity index (χ1) is 14.3. The molecule has 1 aliphatic carbocycles. The molecular weight excluding hydrogens is 418 g/mol. The van der Waals surface area contributed by atoms with Gasteiger partial charge in [0, 0.05) is 44.8 Å². The summed E-state index contributed by atoms with van der Waals surface area (Å²) in [6.07, 6.45) is 2.56. The summed E-state index contributed by atoms with van der Waals surface area (Å²) in [5.74, 6) is -0.00949. The first-order valence-corrected chi connectivity index (χ1v) is 9.68. The number of ether oxygens (including phenoxy) is 1. The van der Waals surface area contributed by atoms with Crippen molar-refractivity contribution in [2.75, 3.05) is 6.98 Å². The molecule has 1 aromatic heterocycles. The zero-order valence-electron chi connectivity index (χ0n) is 19.2. The number of hydrogen-bond acceptors (Lipinski definition) is 3. The molecule has 146 valence electrons. The Labute approximate surface area is 178 Å². The van der Waals surface area contributed by atoms with Gasteiger partial charge in [0.25, 0.3) is 5.91 Å². The van der Waals surface area contributed by atoms with Crippen molar-refractivity contribution in [1.82, 2.24) is 9.88 Å². The van der Waals surface area contributed by atoms with Crippen LogP contribution >= 0.6 is 15.9 Å². The number of nitrogens with zero attached hydrogens (tertiary/aromatic N) is 3. The summed E-state index contributed by atoms with van der Waals surface area (Å²) in [6.45, 7) is 12.2. The quantitative estimate of drug-likeness (QED) is 0.597. The van der Waals surface area contributed by atoms with E-state index in [-0.39, 0.29) is 11.7 Å². The Morgan fingerprint density at radius 2 is 2.04 bits per heavy atom. The van der Waals surface area contributed by atoms with Crippen molar-refractivity contribution in [3.8, 4) is 5.75 Å². The van der Waals surface area contributed by atoms with Crippen LogP contribution < -0.4 is 4.74 Å². The smallest absolute Gasteiger partial charge is 0.255 e. The Morgan fingerprint density at radius 3 is 2.57 bits per heavy atom. The number of rotatable bonds is 4. The minimum Gasteiger partial charge on any atom is -0.489 e. The molecule has 1 amide bonds. The average Bonchev–Trinajstić information content (AvgIpc) is 2.69. The molecule has 6 heteroatoms. The van der Waals surface area contributed by atoms with Gasteiger partial charge in [0.1, 0.15) is 11.9 Å². The standard InChI is InChI=1S/C22H24BrN3O2/c1-21(2)19(26(6)18(27)14-8-7-11-25-13-14)22(3,4)20(21)28-15-9-10-17(24-5)16(23)12-15/h7-13,19-20H,1-4,6H3/i6D3. The fraction of sp³-hybridized carbons (Fsp3) is 0.409. The van der Waals surface area contributed by atoms with E-state index >= 15 is 0 Å². The maximum Gasteiger partial charge on any atom is 0.255 e. The monoisotopic (exact) mass is 444 g/mol. The van der Waals surface area contributed by atoms with E-state index in [1.165, 1.54) is 12.4 Å². The lowest BCUT2D eigenvalue weighted by Crippen LogP contribution is -2.74. The molecule has 1 aliphatic rings. The van der Waals surface area contributed by atoms with Crippen molar-refractivity contribution in [3.05, 3.63) is 64.2 Å². The van der Waals surface area contributed by atoms with E-state index < -0.39 is 29.8 Å². The number of pyridine rings is 1. The summed E-state index contributed by atoms with van der Waals surface area (Å²) in [5.41, 5.74) is -0.595. The fourth-order valence-electron chi connectivity index (χ4n) is 4.61. The van der Waals surface area contributed by atoms with Crippen molar-refractivity contribution < 1.29 is 13.6 Å². The van der Waals surface area contributed by atoms with Crippen LogP contribution in [0.15, 0.2) is 47.2 Å². The molecule has 1 aromatic carbocycles. The molecule has 1 fully saturated rings. The van der Waals surface area contributed by atoms with Gasteiger partial charge in [-0.05, 0) is 24.3 Å². The molecule has 1 saturated carbocycles. The Morgan fingerprint density at radius 1 is 1.32 bits per heavy atom. The van der Waals surface area contributed by atoms with Crippen LogP contribution in [0.2, 0.25) is 0 Å². The van der Waals surface area contributed by atoms with Gasteiger partial charge < -0.3 is 9.64 Å². The lowest BCUT2D eigenvalue weighted by Gasteiger charge is -2.65. The average molecular weight is 445 g/mol. The third-order valence-electron chi connectivity index (χ3n) is 5.44. The van der Waals surface area contributed by atoms with Gasteiger partial charge in [-0.2, -0.15) is 0 Å². The number of halogens is 1. The molecule has 0 saturated heterocycles. The lowest BCUT2D eigenvalue weighted by atomic mass is 9.49. The van der Waals surface area contributed by atoms with E-state index in [1.807, 2.05) is 27.7 Å². The van der Waals surface area contributed by atoms with Crippen molar-refractivity contribution >= 4 is 27.5 Å². The van der Waals surface area contributed by atoms with Crippen LogP contribution in [-0.4, -0.2) is 34.9 Å². The lowest BCUT2D eigenvalue weighted by molar-refractivity contribution is -0.195. The first-order valence-electron chi connectivity index (χ1n) is 10.4. The van der Waals surface area contributed by atoms with Gasteiger partial charge in [-0.3, -0.25) is 9.78 Å². The maximum atomic E-state index is 13.2. The normalized spacial score (nSPS) is 23.9. The summed E-state index contributed by atoms with van der Waals surface area (Å²) in [7, 11) is 0. The largest absolute Gasteiger partial charge is 0.489 e. The molecule has 0 atom stereocenters. The summed E-state index contributed by atoms with van der Waals surface area (Å²) in [4.78, 5) is 21.6. The number of amides is 1. The third kappa shape index (κ3) is 3.29. The highest BCUT2D eigenvalue weighted by molar-refractivity contribution is 9.10. The van der Waals surface area contributed by atoms with E-state index in [1.54, 1.807) is 30.3 Å². The second kappa shape index (κ2) is 7.21. The fourth-order valence-corrected chi connectivity index (χ4v) is 5.06. The van der Waals surface area contributed by atoms with Gasteiger partial charge in [0.05, 0.1) is 12.1 Å². The van der Waals surface area contributed by atoms with Gasteiger partial charge in [-0.1, -0.05) is 49.7 Å². The SMILES string of the molecule is [2H]C([2H])([2H])N(C(=O)c1cccnc1)C1C(C)(C)C(Oc2ccc([N+]#[C-])c(Br)c2)C1(C)C.